The van der Waals surface area contributed by atoms with Crippen LogP contribution in [0.4, 0.5) is 20.8 Å². The average Bonchev–Trinajstić information content (AvgIpc) is 3.28. The topological polar surface area (TPSA) is 139 Å². The first-order valence-corrected chi connectivity index (χ1v) is 11.5. The molecule has 12 heteroatoms. The molecule has 184 valence electrons. The van der Waals surface area contributed by atoms with E-state index >= 15 is 4.39 Å². The van der Waals surface area contributed by atoms with Crippen molar-refractivity contribution >= 4 is 46.1 Å². The molecule has 0 aliphatic carbocycles. The Kier molecular flexibility index (Phi) is 6.15. The number of nitrogens with one attached hydrogen (secondary N) is 1. The summed E-state index contributed by atoms with van der Waals surface area (Å²) in [5, 5.41) is 17.3. The van der Waals surface area contributed by atoms with E-state index in [1.807, 2.05) is 0 Å². The molecule has 4 aromatic rings. The van der Waals surface area contributed by atoms with Gasteiger partial charge in [0.1, 0.15) is 23.1 Å². The Morgan fingerprint density at radius 3 is 2.78 bits per heavy atom. The molecular weight excluding hydrogens is 489 g/mol. The SMILES string of the molecule is Nc1ncc(Cl)c2c1c(-c1ccc(C(=O)Nc3ccccn3)cc1F)nn2C1CCCN(C(=O)O)C1. The van der Waals surface area contributed by atoms with Gasteiger partial charge in [-0.05, 0) is 43.2 Å². The zero-order valence-corrected chi connectivity index (χ0v) is 19.6. The molecule has 1 unspecified atom stereocenters. The largest absolute Gasteiger partial charge is 0.465 e. The number of carboxylic acid groups (broad SMARTS) is 1. The Balaban J connectivity index is 1.56. The number of nitrogens with two attached hydrogens (primary N) is 1. The predicted octanol–water partition coefficient (Wildman–Crippen LogP) is 4.44. The van der Waals surface area contributed by atoms with Gasteiger partial charge < -0.3 is 21.1 Å². The molecule has 2 amide bonds. The molecule has 0 bridgehead atoms. The molecule has 1 atom stereocenters. The number of carbonyl (C=O) groups is 2. The molecular formula is C24H21ClFN7O3. The Morgan fingerprint density at radius 2 is 2.06 bits per heavy atom. The third-order valence-corrected chi connectivity index (χ3v) is 6.39. The maximum atomic E-state index is 15.4. The highest BCUT2D eigenvalue weighted by Gasteiger charge is 2.29. The number of aromatic nitrogens is 4. The van der Waals surface area contributed by atoms with E-state index in [2.05, 4.69) is 20.4 Å². The second kappa shape index (κ2) is 9.42. The minimum absolute atomic E-state index is 0.0964. The van der Waals surface area contributed by atoms with Crippen molar-refractivity contribution in [3.63, 3.8) is 0 Å². The lowest BCUT2D eigenvalue weighted by molar-refractivity contribution is 0.102. The molecule has 4 N–H and O–H groups in total. The fourth-order valence-corrected chi connectivity index (χ4v) is 4.64. The summed E-state index contributed by atoms with van der Waals surface area (Å²) in [4.78, 5) is 33.6. The number of rotatable bonds is 4. The quantitative estimate of drug-likeness (QED) is 0.369. The van der Waals surface area contributed by atoms with Crippen LogP contribution in [0.2, 0.25) is 5.02 Å². The minimum Gasteiger partial charge on any atom is -0.465 e. The lowest BCUT2D eigenvalue weighted by atomic mass is 10.0. The number of benzene rings is 1. The molecule has 1 aliphatic rings. The molecule has 0 saturated carbocycles. The van der Waals surface area contributed by atoms with Crippen LogP contribution in [0, 0.1) is 5.82 Å². The van der Waals surface area contributed by atoms with Crippen molar-refractivity contribution in [2.75, 3.05) is 24.1 Å². The number of fused-ring (bicyclic) bond motifs is 1. The first-order chi connectivity index (χ1) is 17.3. The van der Waals surface area contributed by atoms with Crippen molar-refractivity contribution in [1.29, 1.82) is 0 Å². The van der Waals surface area contributed by atoms with Gasteiger partial charge >= 0.3 is 6.09 Å². The van der Waals surface area contributed by atoms with Gasteiger partial charge in [-0.3, -0.25) is 9.48 Å². The molecule has 1 aliphatic heterocycles. The fourth-order valence-electron chi connectivity index (χ4n) is 4.41. The second-order valence-corrected chi connectivity index (χ2v) is 8.80. The number of anilines is 2. The normalized spacial score (nSPS) is 15.7. The number of hydrogen-bond donors (Lipinski definition) is 3. The summed E-state index contributed by atoms with van der Waals surface area (Å²) in [5.74, 6) is -0.758. The summed E-state index contributed by atoms with van der Waals surface area (Å²) < 4.78 is 17.0. The number of halogens is 2. The molecule has 1 aromatic carbocycles. The number of nitrogens with zero attached hydrogens (tertiary/aromatic N) is 5. The van der Waals surface area contributed by atoms with E-state index in [-0.39, 0.29) is 40.2 Å². The molecule has 1 saturated heterocycles. The van der Waals surface area contributed by atoms with Crippen molar-refractivity contribution in [2.24, 2.45) is 0 Å². The lowest BCUT2D eigenvalue weighted by Gasteiger charge is -2.31. The van der Waals surface area contributed by atoms with Gasteiger partial charge in [-0.1, -0.05) is 17.7 Å². The number of likely N-dealkylation sites (tertiary alicyclic amines) is 1. The molecule has 3 aromatic heterocycles. The van der Waals surface area contributed by atoms with Crippen LogP contribution in [0.5, 0.6) is 0 Å². The Bertz CT molecular complexity index is 1480. The van der Waals surface area contributed by atoms with Gasteiger partial charge in [0, 0.05) is 30.4 Å². The molecule has 36 heavy (non-hydrogen) atoms. The van der Waals surface area contributed by atoms with Crippen LogP contribution >= 0.6 is 11.6 Å². The van der Waals surface area contributed by atoms with E-state index in [1.54, 1.807) is 22.9 Å². The summed E-state index contributed by atoms with van der Waals surface area (Å²) in [7, 11) is 0. The van der Waals surface area contributed by atoms with Gasteiger partial charge in [-0.15, -0.1) is 0 Å². The van der Waals surface area contributed by atoms with Crippen molar-refractivity contribution in [3.05, 3.63) is 65.2 Å². The van der Waals surface area contributed by atoms with E-state index in [1.165, 1.54) is 29.4 Å². The van der Waals surface area contributed by atoms with E-state index < -0.39 is 17.8 Å². The third kappa shape index (κ3) is 4.29. The molecule has 5 rings (SSSR count). The van der Waals surface area contributed by atoms with Crippen molar-refractivity contribution in [3.8, 4) is 11.3 Å². The third-order valence-electron chi connectivity index (χ3n) is 6.12. The van der Waals surface area contributed by atoms with Crippen LogP contribution in [0.25, 0.3) is 22.2 Å². The maximum Gasteiger partial charge on any atom is 0.407 e. The summed E-state index contributed by atoms with van der Waals surface area (Å²) in [5.41, 5.74) is 7.04. The number of pyridine rings is 2. The molecule has 10 nitrogen and oxygen atoms in total. The number of amides is 2. The van der Waals surface area contributed by atoms with Crippen molar-refractivity contribution in [2.45, 2.75) is 18.9 Å². The molecule has 0 radical (unpaired) electrons. The van der Waals surface area contributed by atoms with E-state index in [0.717, 1.165) is 6.07 Å². The van der Waals surface area contributed by atoms with Crippen molar-refractivity contribution < 1.29 is 19.1 Å². The predicted molar refractivity (Wildman–Crippen MR) is 132 cm³/mol. The Hall–Kier alpha value is -4.25. The van der Waals surface area contributed by atoms with Gasteiger partial charge in [0.15, 0.2) is 0 Å². The van der Waals surface area contributed by atoms with Crippen LogP contribution in [0.3, 0.4) is 0 Å². The average molecular weight is 510 g/mol. The van der Waals surface area contributed by atoms with Crippen molar-refractivity contribution in [1.82, 2.24) is 24.6 Å². The summed E-state index contributed by atoms with van der Waals surface area (Å²) in [6.45, 7) is 0.630. The molecule has 1 fully saturated rings. The molecule has 4 heterocycles. The van der Waals surface area contributed by atoms with Gasteiger partial charge in [0.2, 0.25) is 0 Å². The first kappa shape index (κ1) is 23.5. The summed E-state index contributed by atoms with van der Waals surface area (Å²) in [6, 6.07) is 8.77. The lowest BCUT2D eigenvalue weighted by Crippen LogP contribution is -2.40. The monoisotopic (exact) mass is 509 g/mol. The van der Waals surface area contributed by atoms with Gasteiger partial charge in [-0.2, -0.15) is 5.10 Å². The van der Waals surface area contributed by atoms with Gasteiger partial charge in [0.25, 0.3) is 5.91 Å². The maximum absolute atomic E-state index is 15.4. The minimum atomic E-state index is -1.02. The van der Waals surface area contributed by atoms with Crippen LogP contribution in [-0.2, 0) is 0 Å². The highest BCUT2D eigenvalue weighted by molar-refractivity contribution is 6.35. The number of piperidine rings is 1. The summed E-state index contributed by atoms with van der Waals surface area (Å²) >= 11 is 6.48. The van der Waals surface area contributed by atoms with Crippen LogP contribution in [0.1, 0.15) is 29.2 Å². The summed E-state index contributed by atoms with van der Waals surface area (Å²) in [6.07, 6.45) is 3.20. The van der Waals surface area contributed by atoms with Crippen LogP contribution in [-0.4, -0.2) is 54.8 Å². The smallest absolute Gasteiger partial charge is 0.407 e. The molecule has 0 spiro atoms. The standard InChI is InChI=1S/C24H21ClFN7O3/c25-16-11-29-22(27)19-20(31-33(21(16)19)14-4-3-9-32(12-14)24(35)36)15-7-6-13(10-17(15)26)23(34)30-18-5-1-2-8-28-18/h1-2,5-8,10-11,14H,3-4,9,12H2,(H2,27,29)(H,35,36)(H,28,30,34). The number of carbonyl (C=O) groups excluding carboxylic acids is 1. The number of nitrogen functional groups attached to an aromatic ring is 1. The zero-order valence-electron chi connectivity index (χ0n) is 18.9. The van der Waals surface area contributed by atoms with Crippen LogP contribution < -0.4 is 11.1 Å². The van der Waals surface area contributed by atoms with Gasteiger partial charge in [-0.25, -0.2) is 19.2 Å². The fraction of sp³-hybridized carbons (Fsp3) is 0.208. The van der Waals surface area contributed by atoms with E-state index in [4.69, 9.17) is 17.3 Å². The highest BCUT2D eigenvalue weighted by atomic mass is 35.5. The highest BCUT2D eigenvalue weighted by Crippen LogP contribution is 2.39. The van der Waals surface area contributed by atoms with Gasteiger partial charge in [0.05, 0.1) is 28.2 Å². The Morgan fingerprint density at radius 1 is 1.22 bits per heavy atom. The van der Waals surface area contributed by atoms with E-state index in [0.29, 0.717) is 36.1 Å². The van der Waals surface area contributed by atoms with Crippen LogP contribution in [0.15, 0.2) is 48.8 Å². The first-order valence-electron chi connectivity index (χ1n) is 11.2. The zero-order chi connectivity index (χ0) is 25.4. The second-order valence-electron chi connectivity index (χ2n) is 8.40. The number of hydrogen-bond acceptors (Lipinski definition) is 6. The Labute approximate surface area is 209 Å². The van der Waals surface area contributed by atoms with E-state index in [9.17, 15) is 14.7 Å².